The van der Waals surface area contributed by atoms with Crippen molar-refractivity contribution in [3.05, 3.63) is 67.4 Å². The molecule has 1 aromatic carbocycles. The molecule has 2 saturated heterocycles. The highest BCUT2D eigenvalue weighted by Gasteiger charge is 2.42. The van der Waals surface area contributed by atoms with Gasteiger partial charge < -0.3 is 25.0 Å². The third-order valence-corrected chi connectivity index (χ3v) is 10.3. The molecule has 3 aromatic rings. The maximum atomic E-state index is 15.1. The molecule has 2 N–H and O–H groups in total. The molecule has 4 aliphatic rings. The molecule has 2 unspecified atom stereocenters. The number of fused-ring (bicyclic) bond motifs is 3. The molecule has 0 saturated carbocycles. The first-order chi connectivity index (χ1) is 24.6. The van der Waals surface area contributed by atoms with Gasteiger partial charge in [-0.2, -0.15) is 37.0 Å². The van der Waals surface area contributed by atoms with Crippen LogP contribution < -0.4 is 15.4 Å². The number of nitrogens with zero attached hydrogens (tertiary/aromatic N) is 7. The molecule has 2 aromatic heterocycles. The Labute approximate surface area is 305 Å². The predicted molar refractivity (Wildman–Crippen MR) is 180 cm³/mol. The molecule has 11 nitrogen and oxygen atoms in total. The highest BCUT2D eigenvalue weighted by molar-refractivity contribution is 6.34. The van der Waals surface area contributed by atoms with E-state index in [1.165, 1.54) is 18.4 Å². The van der Waals surface area contributed by atoms with Gasteiger partial charge in [-0.15, -0.1) is 0 Å². The molecule has 0 aliphatic carbocycles. The number of carbonyl (C=O) groups is 1. The molecule has 2 fully saturated rings. The van der Waals surface area contributed by atoms with Crippen LogP contribution in [-0.2, 0) is 37.0 Å². The van der Waals surface area contributed by atoms with Crippen molar-refractivity contribution >= 4 is 40.6 Å². The van der Waals surface area contributed by atoms with Crippen molar-refractivity contribution < 1.29 is 40.6 Å². The Morgan fingerprint density at radius 3 is 2.50 bits per heavy atom. The molecule has 0 spiro atoms. The van der Waals surface area contributed by atoms with Crippen LogP contribution in [0.15, 0.2) is 17.7 Å². The summed E-state index contributed by atoms with van der Waals surface area (Å²) in [7, 11) is 4.56. The molecule has 282 valence electrons. The van der Waals surface area contributed by atoms with Gasteiger partial charge in [-0.3, -0.25) is 14.4 Å². The maximum absolute atomic E-state index is 15.1. The van der Waals surface area contributed by atoms with Gasteiger partial charge in [0, 0.05) is 62.9 Å². The number of halogens is 8. The lowest BCUT2D eigenvalue weighted by molar-refractivity contribution is -0.140. The van der Waals surface area contributed by atoms with Crippen molar-refractivity contribution in [2.75, 3.05) is 51.5 Å². The van der Waals surface area contributed by atoms with Gasteiger partial charge in [-0.05, 0) is 38.3 Å². The molecule has 2 atom stereocenters. The van der Waals surface area contributed by atoms with E-state index < -0.39 is 46.0 Å². The first-order valence-electron chi connectivity index (χ1n) is 16.5. The van der Waals surface area contributed by atoms with E-state index >= 15 is 4.39 Å². The summed E-state index contributed by atoms with van der Waals surface area (Å²) < 4.78 is 93.9. The first kappa shape index (κ1) is 37.9. The molecule has 19 heteroatoms. The normalized spacial score (nSPS) is 20.1. The van der Waals surface area contributed by atoms with Gasteiger partial charge in [0.05, 0.1) is 59.0 Å². The van der Waals surface area contributed by atoms with Crippen molar-refractivity contribution in [3.8, 4) is 6.01 Å². The van der Waals surface area contributed by atoms with Gasteiger partial charge in [0.15, 0.2) is 11.5 Å². The Morgan fingerprint density at radius 2 is 1.85 bits per heavy atom. The number of hydrogen-bond donors (Lipinski definition) is 1. The summed E-state index contributed by atoms with van der Waals surface area (Å²) in [5, 5.41) is 3.90. The Hall–Kier alpha value is -3.80. The fourth-order valence-electron chi connectivity index (χ4n) is 7.10. The summed E-state index contributed by atoms with van der Waals surface area (Å²) in [6.07, 6.45) is -4.49. The fourth-order valence-corrected chi connectivity index (χ4v) is 7.70. The number of nitrogen functional groups attached to an aromatic ring is 1. The number of alkyl halides is 3. The van der Waals surface area contributed by atoms with E-state index in [-0.39, 0.29) is 42.2 Å². The Kier molecular flexibility index (Phi) is 10.9. The van der Waals surface area contributed by atoms with Crippen LogP contribution >= 0.6 is 23.2 Å². The number of carbonyl (C=O) groups excluding carboxylic acids is 1. The summed E-state index contributed by atoms with van der Waals surface area (Å²) in [4.78, 5) is 26.9. The number of hydrogen-bond acceptors (Lipinski definition) is 9. The third kappa shape index (κ3) is 7.37. The number of amides is 1. The minimum absolute atomic E-state index is 0.0335. The Bertz CT molecular complexity index is 1890. The van der Waals surface area contributed by atoms with Crippen LogP contribution in [0, 0.1) is 5.82 Å². The quantitative estimate of drug-likeness (QED) is 0.230. The number of aromatic nitrogens is 4. The average Bonchev–Trinajstić information content (AvgIpc) is 3.74. The van der Waals surface area contributed by atoms with E-state index in [1.54, 1.807) is 18.8 Å². The van der Waals surface area contributed by atoms with E-state index in [1.807, 2.05) is 4.90 Å². The summed E-state index contributed by atoms with van der Waals surface area (Å²) >= 11 is 12.5. The fraction of sp³-hybridized carbons (Fsp3) is 0.515. The zero-order valence-corrected chi connectivity index (χ0v) is 30.0. The maximum Gasteiger partial charge on any atom is 0.418 e. The van der Waals surface area contributed by atoms with Crippen LogP contribution in [0.2, 0.25) is 10.0 Å². The highest BCUT2D eigenvalue weighted by atomic mass is 35.5. The number of methoxy groups -OCH3 is 1. The molecular weight excluding hydrogens is 741 g/mol. The Balaban J connectivity index is 0.000000357. The van der Waals surface area contributed by atoms with Crippen molar-refractivity contribution in [3.63, 3.8) is 0 Å². The molecule has 52 heavy (non-hydrogen) atoms. The summed E-state index contributed by atoms with van der Waals surface area (Å²) in [5.41, 5.74) is 4.89. The zero-order chi connectivity index (χ0) is 37.6. The average molecular weight is 778 g/mol. The van der Waals surface area contributed by atoms with E-state index in [0.717, 1.165) is 19.0 Å². The molecular formula is C33H36Cl2F6N8O3. The second-order valence-electron chi connectivity index (χ2n) is 13.2. The van der Waals surface area contributed by atoms with Crippen LogP contribution in [0.1, 0.15) is 70.4 Å². The lowest BCUT2D eigenvalue weighted by Gasteiger charge is -2.31. The van der Waals surface area contributed by atoms with Crippen molar-refractivity contribution in [2.45, 2.75) is 70.1 Å². The van der Waals surface area contributed by atoms with Crippen molar-refractivity contribution in [1.29, 1.82) is 0 Å². The predicted octanol–water partition coefficient (Wildman–Crippen LogP) is 6.66. The van der Waals surface area contributed by atoms with Crippen LogP contribution in [0.3, 0.4) is 0 Å². The second-order valence-corrected chi connectivity index (χ2v) is 13.9. The molecule has 1 amide bonds. The van der Waals surface area contributed by atoms with Gasteiger partial charge in [-0.25, -0.2) is 4.39 Å². The SMILES string of the molecule is COc1nc2c(c(N3CCCn4nc(C(=O)N(C)C)c(Cl)c4C3)n1)COC(c1c(F)c(N)cc(Cl)c1C(F)(F)F)C2.FC(F)=C1CC2CCCN2C1. The van der Waals surface area contributed by atoms with E-state index in [4.69, 9.17) is 38.4 Å². The monoisotopic (exact) mass is 776 g/mol. The van der Waals surface area contributed by atoms with E-state index in [9.17, 15) is 26.7 Å². The lowest BCUT2D eigenvalue weighted by atomic mass is 9.93. The number of rotatable bonds is 4. The van der Waals surface area contributed by atoms with Crippen LogP contribution in [-0.4, -0.2) is 82.3 Å². The molecule has 0 radical (unpaired) electrons. The number of benzene rings is 1. The second kappa shape index (κ2) is 14.9. The minimum atomic E-state index is -4.96. The number of aryl methyl sites for hydroxylation is 1. The van der Waals surface area contributed by atoms with E-state index in [0.29, 0.717) is 66.9 Å². The molecule has 6 heterocycles. The standard InChI is InChI=1S/C25H25Cl2F4N7O3.C8H11F2N/c1-36(2)23(39)21-19(27)15-9-37(5-4-6-38(15)35-21)22-11-10-41-16(8-14(11)33-24(34-22)40-3)17-18(25(29,30)31)12(26)7-13(32)20(17)28;9-8(10)6-4-7-2-1-3-11(7)5-6/h7,16H,4-6,8-10,32H2,1-3H3;7H,1-5H2. The summed E-state index contributed by atoms with van der Waals surface area (Å²) in [6.45, 7) is 2.53. The van der Waals surface area contributed by atoms with Gasteiger partial charge >= 0.3 is 12.2 Å². The van der Waals surface area contributed by atoms with Gasteiger partial charge in [0.2, 0.25) is 0 Å². The lowest BCUT2D eigenvalue weighted by Crippen LogP contribution is -2.29. The third-order valence-electron chi connectivity index (χ3n) is 9.61. The van der Waals surface area contributed by atoms with Gasteiger partial charge in [0.25, 0.3) is 12.0 Å². The number of anilines is 2. The first-order valence-corrected chi connectivity index (χ1v) is 17.2. The number of ether oxygens (including phenoxy) is 2. The highest BCUT2D eigenvalue weighted by Crippen LogP contribution is 2.46. The van der Waals surface area contributed by atoms with Gasteiger partial charge in [0.1, 0.15) is 5.82 Å². The smallest absolute Gasteiger partial charge is 0.418 e. The minimum Gasteiger partial charge on any atom is -0.467 e. The largest absolute Gasteiger partial charge is 0.467 e. The molecule has 0 bridgehead atoms. The molecule has 4 aliphatic heterocycles. The van der Waals surface area contributed by atoms with Crippen molar-refractivity contribution in [2.24, 2.45) is 0 Å². The van der Waals surface area contributed by atoms with E-state index in [2.05, 4.69) is 20.0 Å². The van der Waals surface area contributed by atoms with Gasteiger partial charge in [-0.1, -0.05) is 23.2 Å². The zero-order valence-electron chi connectivity index (χ0n) is 28.5. The topological polar surface area (TPSA) is 115 Å². The molecule has 7 rings (SSSR count). The Morgan fingerprint density at radius 1 is 1.10 bits per heavy atom. The number of nitrogens with two attached hydrogens (primary N) is 1. The van der Waals surface area contributed by atoms with Crippen LogP contribution in [0.5, 0.6) is 6.01 Å². The van der Waals surface area contributed by atoms with Crippen molar-refractivity contribution in [1.82, 2.24) is 29.5 Å². The summed E-state index contributed by atoms with van der Waals surface area (Å²) in [6, 6.07) is 1.14. The van der Waals surface area contributed by atoms with Crippen LogP contribution in [0.25, 0.3) is 0 Å². The van der Waals surface area contributed by atoms with Crippen LogP contribution in [0.4, 0.5) is 37.8 Å². The summed E-state index contributed by atoms with van der Waals surface area (Å²) in [5.74, 6) is -1.18.